The first-order valence-electron chi connectivity index (χ1n) is 5.18. The highest BCUT2D eigenvalue weighted by Crippen LogP contribution is 2.27. The summed E-state index contributed by atoms with van der Waals surface area (Å²) >= 11 is 3.25. The van der Waals surface area contributed by atoms with Gasteiger partial charge in [-0.25, -0.2) is 0 Å². The molecule has 0 aromatic heterocycles. The van der Waals surface area contributed by atoms with Crippen LogP contribution in [0, 0.1) is 0 Å². The van der Waals surface area contributed by atoms with Crippen molar-refractivity contribution in [2.75, 3.05) is 13.2 Å². The standard InChI is InChI=1S/C11H13BrF3NO2/c1-7(16)9-3-2-8(12)6-10(9)17-4-5-18-11(13,14)15/h2-3,6-7H,4-5,16H2,1H3. The topological polar surface area (TPSA) is 44.5 Å². The second-order valence-electron chi connectivity index (χ2n) is 3.61. The van der Waals surface area contributed by atoms with Crippen molar-refractivity contribution in [3.05, 3.63) is 28.2 Å². The summed E-state index contributed by atoms with van der Waals surface area (Å²) in [6.45, 7) is 1.01. The Morgan fingerprint density at radius 3 is 2.56 bits per heavy atom. The highest BCUT2D eigenvalue weighted by molar-refractivity contribution is 9.10. The van der Waals surface area contributed by atoms with E-state index in [1.165, 1.54) is 0 Å². The molecule has 0 amide bonds. The van der Waals surface area contributed by atoms with Crippen LogP contribution in [-0.2, 0) is 4.74 Å². The van der Waals surface area contributed by atoms with Crippen molar-refractivity contribution in [2.45, 2.75) is 19.3 Å². The van der Waals surface area contributed by atoms with Crippen molar-refractivity contribution in [3.63, 3.8) is 0 Å². The highest BCUT2D eigenvalue weighted by atomic mass is 79.9. The summed E-state index contributed by atoms with van der Waals surface area (Å²) in [6, 6.07) is 4.94. The summed E-state index contributed by atoms with van der Waals surface area (Å²) in [5, 5.41) is 0. The Hall–Kier alpha value is -0.790. The van der Waals surface area contributed by atoms with E-state index in [0.29, 0.717) is 5.75 Å². The van der Waals surface area contributed by atoms with E-state index in [2.05, 4.69) is 20.7 Å². The fraction of sp³-hybridized carbons (Fsp3) is 0.455. The van der Waals surface area contributed by atoms with Crippen LogP contribution in [0.5, 0.6) is 5.75 Å². The lowest BCUT2D eigenvalue weighted by molar-refractivity contribution is -0.325. The van der Waals surface area contributed by atoms with Gasteiger partial charge in [-0.15, -0.1) is 13.2 Å². The van der Waals surface area contributed by atoms with Crippen molar-refractivity contribution in [1.82, 2.24) is 0 Å². The highest BCUT2D eigenvalue weighted by Gasteiger charge is 2.28. The smallest absolute Gasteiger partial charge is 0.491 e. The largest absolute Gasteiger partial charge is 0.522 e. The van der Waals surface area contributed by atoms with Gasteiger partial charge >= 0.3 is 6.36 Å². The number of nitrogens with two attached hydrogens (primary N) is 1. The van der Waals surface area contributed by atoms with Crippen LogP contribution in [0.3, 0.4) is 0 Å². The van der Waals surface area contributed by atoms with Gasteiger partial charge in [-0.2, -0.15) is 0 Å². The Labute approximate surface area is 111 Å². The van der Waals surface area contributed by atoms with Gasteiger partial charge in [0.2, 0.25) is 0 Å². The summed E-state index contributed by atoms with van der Waals surface area (Å²) in [5.41, 5.74) is 6.46. The molecule has 1 rings (SSSR count). The van der Waals surface area contributed by atoms with E-state index in [9.17, 15) is 13.2 Å². The van der Waals surface area contributed by atoms with Gasteiger partial charge in [-0.05, 0) is 19.1 Å². The third-order valence-electron chi connectivity index (χ3n) is 2.07. The number of ether oxygens (including phenoxy) is 2. The lowest BCUT2D eigenvalue weighted by Gasteiger charge is -2.15. The summed E-state index contributed by atoms with van der Waals surface area (Å²) in [7, 11) is 0. The lowest BCUT2D eigenvalue weighted by atomic mass is 10.1. The number of benzene rings is 1. The number of hydrogen-bond acceptors (Lipinski definition) is 3. The number of hydrogen-bond donors (Lipinski definition) is 1. The second-order valence-corrected chi connectivity index (χ2v) is 4.53. The number of alkyl halides is 3. The molecule has 0 aliphatic heterocycles. The van der Waals surface area contributed by atoms with Gasteiger partial charge in [0.25, 0.3) is 0 Å². The molecule has 7 heteroatoms. The fourth-order valence-corrected chi connectivity index (χ4v) is 1.66. The normalized spacial score (nSPS) is 13.4. The molecule has 0 bridgehead atoms. The van der Waals surface area contributed by atoms with E-state index in [0.717, 1.165) is 10.0 Å². The van der Waals surface area contributed by atoms with Gasteiger partial charge in [-0.1, -0.05) is 22.0 Å². The summed E-state index contributed by atoms with van der Waals surface area (Å²) in [4.78, 5) is 0. The van der Waals surface area contributed by atoms with E-state index in [-0.39, 0.29) is 12.6 Å². The molecule has 0 spiro atoms. The second kappa shape index (κ2) is 6.40. The van der Waals surface area contributed by atoms with Crippen LogP contribution in [0.15, 0.2) is 22.7 Å². The molecule has 1 aromatic carbocycles. The molecule has 3 nitrogen and oxygen atoms in total. The van der Waals surface area contributed by atoms with Crippen LogP contribution >= 0.6 is 15.9 Å². The van der Waals surface area contributed by atoms with Gasteiger partial charge < -0.3 is 10.5 Å². The molecule has 0 saturated carbocycles. The molecule has 1 unspecified atom stereocenters. The molecule has 0 aliphatic carbocycles. The van der Waals surface area contributed by atoms with Crippen LogP contribution in [0.2, 0.25) is 0 Å². The zero-order valence-corrected chi connectivity index (χ0v) is 11.2. The van der Waals surface area contributed by atoms with Crippen molar-refractivity contribution < 1.29 is 22.6 Å². The molecule has 1 atom stereocenters. The minimum Gasteiger partial charge on any atom is -0.491 e. The minimum absolute atomic E-state index is 0.199. The maximum atomic E-state index is 11.7. The van der Waals surface area contributed by atoms with Crippen molar-refractivity contribution in [2.24, 2.45) is 5.73 Å². The van der Waals surface area contributed by atoms with E-state index >= 15 is 0 Å². The summed E-state index contributed by atoms with van der Waals surface area (Å²) in [5.74, 6) is 0.449. The Balaban J connectivity index is 2.58. The lowest BCUT2D eigenvalue weighted by Crippen LogP contribution is -2.18. The van der Waals surface area contributed by atoms with E-state index < -0.39 is 13.0 Å². The third kappa shape index (κ3) is 5.24. The van der Waals surface area contributed by atoms with Gasteiger partial charge in [0.1, 0.15) is 12.4 Å². The molecule has 102 valence electrons. The summed E-state index contributed by atoms with van der Waals surface area (Å²) < 4.78 is 44.9. The Kier molecular flexibility index (Phi) is 5.43. The van der Waals surface area contributed by atoms with Gasteiger partial charge in [0, 0.05) is 16.1 Å². The quantitative estimate of drug-likeness (QED) is 0.843. The predicted molar refractivity (Wildman–Crippen MR) is 64.2 cm³/mol. The van der Waals surface area contributed by atoms with Crippen molar-refractivity contribution in [1.29, 1.82) is 0 Å². The molecule has 0 aliphatic rings. The molecule has 0 heterocycles. The van der Waals surface area contributed by atoms with Crippen LogP contribution < -0.4 is 10.5 Å². The van der Waals surface area contributed by atoms with Gasteiger partial charge in [-0.3, -0.25) is 4.74 Å². The first-order valence-corrected chi connectivity index (χ1v) is 5.97. The molecule has 0 radical (unpaired) electrons. The molecule has 1 aromatic rings. The average Bonchev–Trinajstić information content (AvgIpc) is 2.22. The predicted octanol–water partition coefficient (Wildman–Crippen LogP) is 3.38. The fourth-order valence-electron chi connectivity index (χ4n) is 1.32. The average molecular weight is 328 g/mol. The van der Waals surface area contributed by atoms with E-state index in [1.807, 2.05) is 0 Å². The summed E-state index contributed by atoms with van der Waals surface area (Å²) in [6.07, 6.45) is -4.63. The van der Waals surface area contributed by atoms with E-state index in [4.69, 9.17) is 10.5 Å². The van der Waals surface area contributed by atoms with Crippen LogP contribution in [0.25, 0.3) is 0 Å². The minimum atomic E-state index is -4.63. The first kappa shape index (κ1) is 15.3. The van der Waals surface area contributed by atoms with Crippen molar-refractivity contribution >= 4 is 15.9 Å². The zero-order valence-electron chi connectivity index (χ0n) is 9.63. The molecule has 2 N–H and O–H groups in total. The van der Waals surface area contributed by atoms with Crippen LogP contribution in [-0.4, -0.2) is 19.6 Å². The van der Waals surface area contributed by atoms with Crippen LogP contribution in [0.1, 0.15) is 18.5 Å². The molecule has 0 fully saturated rings. The SMILES string of the molecule is CC(N)c1ccc(Br)cc1OCCOC(F)(F)F. The Bertz CT molecular complexity index is 396. The number of halogens is 4. The maximum Gasteiger partial charge on any atom is 0.522 e. The Morgan fingerprint density at radius 2 is 2.00 bits per heavy atom. The monoisotopic (exact) mass is 327 g/mol. The van der Waals surface area contributed by atoms with Crippen molar-refractivity contribution in [3.8, 4) is 5.75 Å². The zero-order chi connectivity index (χ0) is 13.8. The molecular formula is C11H13BrF3NO2. The van der Waals surface area contributed by atoms with Crippen LogP contribution in [0.4, 0.5) is 13.2 Å². The van der Waals surface area contributed by atoms with E-state index in [1.54, 1.807) is 25.1 Å². The molecule has 18 heavy (non-hydrogen) atoms. The Morgan fingerprint density at radius 1 is 1.33 bits per heavy atom. The van der Waals surface area contributed by atoms with Gasteiger partial charge in [0.15, 0.2) is 0 Å². The van der Waals surface area contributed by atoms with Gasteiger partial charge in [0.05, 0.1) is 6.61 Å². The third-order valence-corrected chi connectivity index (χ3v) is 2.57. The maximum absolute atomic E-state index is 11.7. The molecule has 0 saturated heterocycles. The number of rotatable bonds is 5. The molecular weight excluding hydrogens is 315 g/mol. The first-order chi connectivity index (χ1) is 8.29.